The van der Waals surface area contributed by atoms with Crippen molar-refractivity contribution in [2.45, 2.75) is 82.8 Å². The number of hydrogen-bond acceptors (Lipinski definition) is 6. The highest BCUT2D eigenvalue weighted by molar-refractivity contribution is 6.76. The standard InChI is InChI=1S/C40H48F7N5O3Si/c1-50(23-38(24-54-2)13-6-14-38)33-22-32(29-19-30(39(42,43)44)21-31(41)20-29)48-36-34(33)49-35(52(36)25-55-17-18-56(3,4)5)28-9-7-26(8-10-28)27-11-15-51(16-12-27)37(53)40(45,46)47/h7-10,19-22,27H,6,11-18,23-25H2,1-5H3. The molecule has 1 amide bonds. The average molecular weight is 808 g/mol. The van der Waals surface area contributed by atoms with E-state index in [9.17, 15) is 35.5 Å². The molecule has 2 aromatic heterocycles. The molecule has 0 N–H and O–H groups in total. The Bertz CT molecular complexity index is 2020. The van der Waals surface area contributed by atoms with E-state index in [1.807, 2.05) is 36.2 Å². The summed E-state index contributed by atoms with van der Waals surface area (Å²) in [6.45, 7) is 8.31. The van der Waals surface area contributed by atoms with E-state index in [-0.39, 0.29) is 42.4 Å². The number of methoxy groups -OCH3 is 1. The molecule has 0 bridgehead atoms. The molecule has 6 rings (SSSR count). The number of ether oxygens (including phenoxy) is 2. The van der Waals surface area contributed by atoms with Crippen molar-refractivity contribution in [1.82, 2.24) is 19.4 Å². The maximum atomic E-state index is 14.8. The van der Waals surface area contributed by atoms with Gasteiger partial charge in [0, 0.05) is 65.0 Å². The van der Waals surface area contributed by atoms with E-state index in [2.05, 4.69) is 19.6 Å². The predicted molar refractivity (Wildman–Crippen MR) is 204 cm³/mol. The zero-order valence-electron chi connectivity index (χ0n) is 32.3. The average Bonchev–Trinajstić information content (AvgIpc) is 3.48. The normalized spacial score (nSPS) is 16.7. The molecule has 4 aromatic rings. The highest BCUT2D eigenvalue weighted by Crippen LogP contribution is 2.44. The van der Waals surface area contributed by atoms with E-state index >= 15 is 0 Å². The second kappa shape index (κ2) is 16.1. The second-order valence-corrected chi connectivity index (χ2v) is 22.1. The monoisotopic (exact) mass is 807 g/mol. The third-order valence-electron chi connectivity index (χ3n) is 10.9. The van der Waals surface area contributed by atoms with Gasteiger partial charge in [-0.3, -0.25) is 9.36 Å². The molecule has 1 saturated carbocycles. The third-order valence-corrected chi connectivity index (χ3v) is 12.6. The Kier molecular flexibility index (Phi) is 11.9. The van der Waals surface area contributed by atoms with E-state index in [1.54, 1.807) is 17.7 Å². The van der Waals surface area contributed by atoms with Crippen LogP contribution in [0.5, 0.6) is 0 Å². The molecule has 1 saturated heterocycles. The third kappa shape index (κ3) is 9.39. The van der Waals surface area contributed by atoms with Gasteiger partial charge < -0.3 is 19.3 Å². The predicted octanol–water partition coefficient (Wildman–Crippen LogP) is 9.76. The maximum Gasteiger partial charge on any atom is 0.471 e. The topological polar surface area (TPSA) is 72.7 Å². The van der Waals surface area contributed by atoms with Crippen LogP contribution < -0.4 is 4.90 Å². The van der Waals surface area contributed by atoms with E-state index in [4.69, 9.17) is 19.4 Å². The van der Waals surface area contributed by atoms with Gasteiger partial charge in [0.25, 0.3) is 0 Å². The van der Waals surface area contributed by atoms with Crippen molar-refractivity contribution in [3.8, 4) is 22.6 Å². The number of imidazole rings is 1. The molecule has 1 aliphatic heterocycles. The molecule has 1 aliphatic carbocycles. The van der Waals surface area contributed by atoms with Crippen LogP contribution in [0.3, 0.4) is 0 Å². The number of rotatable bonds is 13. The van der Waals surface area contributed by atoms with Crippen LogP contribution in [0.2, 0.25) is 25.7 Å². The molecule has 2 fully saturated rings. The number of pyridine rings is 1. The van der Waals surface area contributed by atoms with Gasteiger partial charge in [-0.25, -0.2) is 14.4 Å². The van der Waals surface area contributed by atoms with Crippen LogP contribution in [0.4, 0.5) is 36.4 Å². The van der Waals surface area contributed by atoms with Crippen molar-refractivity contribution in [1.29, 1.82) is 0 Å². The van der Waals surface area contributed by atoms with Gasteiger partial charge in [0.1, 0.15) is 23.9 Å². The number of likely N-dealkylation sites (tertiary alicyclic amines) is 1. The molecule has 2 aliphatic rings. The molecule has 16 heteroatoms. The number of benzene rings is 2. The van der Waals surface area contributed by atoms with E-state index in [0.717, 1.165) is 47.9 Å². The number of anilines is 1. The summed E-state index contributed by atoms with van der Waals surface area (Å²) in [5.74, 6) is -2.41. The molecule has 0 unspecified atom stereocenters. The van der Waals surface area contributed by atoms with Crippen molar-refractivity contribution in [2.24, 2.45) is 5.41 Å². The van der Waals surface area contributed by atoms with Crippen LogP contribution in [-0.2, 0) is 27.2 Å². The number of piperidine rings is 1. The number of carbonyl (C=O) groups is 1. The highest BCUT2D eigenvalue weighted by Gasteiger charge is 2.43. The molecule has 304 valence electrons. The Hall–Kier alpha value is -4.02. The van der Waals surface area contributed by atoms with Crippen LogP contribution >= 0.6 is 0 Å². The minimum absolute atomic E-state index is 0.00105. The van der Waals surface area contributed by atoms with Gasteiger partial charge in [-0.05, 0) is 67.5 Å². The number of hydrogen-bond donors (Lipinski definition) is 0. The van der Waals surface area contributed by atoms with Gasteiger partial charge in [0.05, 0.1) is 23.6 Å². The lowest BCUT2D eigenvalue weighted by Gasteiger charge is -2.44. The Morgan fingerprint density at radius 2 is 1.64 bits per heavy atom. The van der Waals surface area contributed by atoms with Crippen molar-refractivity contribution < 1.29 is 45.0 Å². The molecule has 56 heavy (non-hydrogen) atoms. The maximum absolute atomic E-state index is 14.8. The highest BCUT2D eigenvalue weighted by atomic mass is 28.3. The van der Waals surface area contributed by atoms with Crippen molar-refractivity contribution >= 4 is 30.8 Å². The molecule has 2 aromatic carbocycles. The summed E-state index contributed by atoms with van der Waals surface area (Å²) in [6.07, 6.45) is -5.98. The van der Waals surface area contributed by atoms with Crippen LogP contribution in [0.15, 0.2) is 48.5 Å². The van der Waals surface area contributed by atoms with Crippen molar-refractivity contribution in [3.05, 3.63) is 65.5 Å². The summed E-state index contributed by atoms with van der Waals surface area (Å²) in [5.41, 5.74) is 1.90. The Labute approximate surface area is 323 Å². The lowest BCUT2D eigenvalue weighted by molar-refractivity contribution is -0.186. The van der Waals surface area contributed by atoms with Gasteiger partial charge in [0.15, 0.2) is 5.65 Å². The number of carbonyl (C=O) groups excluding carboxylic acids is 1. The first-order chi connectivity index (χ1) is 26.3. The summed E-state index contributed by atoms with van der Waals surface area (Å²) in [5, 5.41) is 0. The fourth-order valence-electron chi connectivity index (χ4n) is 7.71. The molecule has 0 spiro atoms. The summed E-state index contributed by atoms with van der Waals surface area (Å²) in [4.78, 5) is 24.6. The van der Waals surface area contributed by atoms with E-state index in [0.29, 0.717) is 66.9 Å². The lowest BCUT2D eigenvalue weighted by atomic mass is 9.69. The fourth-order valence-corrected chi connectivity index (χ4v) is 8.47. The summed E-state index contributed by atoms with van der Waals surface area (Å²) in [6, 6.07) is 12.5. The van der Waals surface area contributed by atoms with Gasteiger partial charge >= 0.3 is 18.3 Å². The van der Waals surface area contributed by atoms with Crippen LogP contribution in [0.1, 0.15) is 49.1 Å². The van der Waals surface area contributed by atoms with Crippen LogP contribution in [0, 0.1) is 11.2 Å². The SMILES string of the molecule is COCC1(CN(C)c2cc(-c3cc(F)cc(C(F)(F)F)c3)nc3c2nc(-c2ccc(C4CCN(C(=O)C(F)(F)F)CC4)cc2)n3COCC[Si](C)(C)C)CCC1. The minimum Gasteiger partial charge on any atom is -0.384 e. The Balaban J connectivity index is 1.43. The minimum atomic E-state index is -4.91. The second-order valence-electron chi connectivity index (χ2n) is 16.5. The number of nitrogens with zero attached hydrogens (tertiary/aromatic N) is 5. The fraction of sp³-hybridized carbons (Fsp3) is 0.525. The Morgan fingerprint density at radius 1 is 0.964 bits per heavy atom. The lowest BCUT2D eigenvalue weighted by Crippen LogP contribution is -2.45. The number of alkyl halides is 6. The van der Waals surface area contributed by atoms with Gasteiger partial charge in [-0.1, -0.05) is 50.3 Å². The molecule has 0 atom stereocenters. The summed E-state index contributed by atoms with van der Waals surface area (Å²) < 4.78 is 109. The van der Waals surface area contributed by atoms with Crippen LogP contribution in [0.25, 0.3) is 33.8 Å². The van der Waals surface area contributed by atoms with Gasteiger partial charge in [-0.2, -0.15) is 26.3 Å². The van der Waals surface area contributed by atoms with Crippen molar-refractivity contribution in [2.75, 3.05) is 51.9 Å². The van der Waals surface area contributed by atoms with Gasteiger partial charge in [0.2, 0.25) is 0 Å². The van der Waals surface area contributed by atoms with Gasteiger partial charge in [-0.15, -0.1) is 0 Å². The Morgan fingerprint density at radius 3 is 2.21 bits per heavy atom. The van der Waals surface area contributed by atoms with E-state index in [1.165, 1.54) is 0 Å². The van der Waals surface area contributed by atoms with Crippen molar-refractivity contribution in [3.63, 3.8) is 0 Å². The summed E-state index contributed by atoms with van der Waals surface area (Å²) >= 11 is 0. The number of amides is 1. The summed E-state index contributed by atoms with van der Waals surface area (Å²) in [7, 11) is 2.08. The largest absolute Gasteiger partial charge is 0.471 e. The number of aromatic nitrogens is 3. The molecule has 0 radical (unpaired) electrons. The number of fused-ring (bicyclic) bond motifs is 1. The molecule has 3 heterocycles. The van der Waals surface area contributed by atoms with E-state index < -0.39 is 37.7 Å². The van der Waals surface area contributed by atoms with Crippen LogP contribution in [-0.4, -0.2) is 86.6 Å². The number of halogens is 7. The smallest absolute Gasteiger partial charge is 0.384 e. The quantitative estimate of drug-likeness (QED) is 0.0762. The first-order valence-corrected chi connectivity index (χ1v) is 22.5. The molecular weight excluding hydrogens is 760 g/mol. The zero-order valence-corrected chi connectivity index (χ0v) is 33.3. The first kappa shape index (κ1) is 41.6. The zero-order chi connectivity index (χ0) is 40.6. The molecule has 8 nitrogen and oxygen atoms in total. The molecular formula is C40H48F7N5O3Si. The first-order valence-electron chi connectivity index (χ1n) is 18.8.